The number of hydrogen-bond donors (Lipinski definition) is 0. The van der Waals surface area contributed by atoms with Crippen molar-refractivity contribution in [1.29, 1.82) is 0 Å². The Kier molecular flexibility index (Phi) is 3.46. The van der Waals surface area contributed by atoms with Gasteiger partial charge in [-0.15, -0.1) is 0 Å². The van der Waals surface area contributed by atoms with Crippen LogP contribution in [0, 0.1) is 16.0 Å². The minimum Gasteiger partial charge on any atom is -0.434 e. The highest BCUT2D eigenvalue weighted by Crippen LogP contribution is 2.23. The van der Waals surface area contributed by atoms with Gasteiger partial charge in [0.1, 0.15) is 11.0 Å². The van der Waals surface area contributed by atoms with Gasteiger partial charge in [-0.25, -0.2) is 0 Å². The van der Waals surface area contributed by atoms with Gasteiger partial charge in [0.15, 0.2) is 0 Å². The maximum Gasteiger partial charge on any atom is 0.424 e. The zero-order valence-electron chi connectivity index (χ0n) is 8.60. The van der Waals surface area contributed by atoms with E-state index in [2.05, 4.69) is 0 Å². The predicted octanol–water partition coefficient (Wildman–Crippen LogP) is 1.56. The zero-order chi connectivity index (χ0) is 10.7. The van der Waals surface area contributed by atoms with Crippen LogP contribution in [-0.4, -0.2) is 23.7 Å². The van der Waals surface area contributed by atoms with Crippen LogP contribution >= 0.6 is 0 Å². The fourth-order valence-electron chi connectivity index (χ4n) is 1.21. The van der Waals surface area contributed by atoms with Crippen molar-refractivity contribution in [3.05, 3.63) is 22.1 Å². The maximum absolute atomic E-state index is 10.4. The van der Waals surface area contributed by atoms with Gasteiger partial charge in [0.05, 0.1) is 12.7 Å². The van der Waals surface area contributed by atoms with E-state index >= 15 is 0 Å². The van der Waals surface area contributed by atoms with E-state index < -0.39 is 4.92 Å². The summed E-state index contributed by atoms with van der Waals surface area (Å²) in [5.41, 5.74) is 0. The molecule has 14 heavy (non-hydrogen) atoms. The van der Waals surface area contributed by atoms with Gasteiger partial charge in [-0.2, -0.15) is 0 Å². The van der Waals surface area contributed by atoms with E-state index in [1.807, 2.05) is 20.8 Å². The van der Waals surface area contributed by atoms with Gasteiger partial charge in [0, 0.05) is 12.0 Å². The van der Waals surface area contributed by atoms with E-state index in [-0.39, 0.29) is 24.0 Å². The molecule has 0 saturated heterocycles. The second-order valence-electron chi connectivity index (χ2n) is 3.66. The molecule has 0 aromatic carbocycles. The van der Waals surface area contributed by atoms with Crippen molar-refractivity contribution in [3.8, 4) is 0 Å². The molecule has 0 fully saturated rings. The average molecular weight is 201 g/mol. The van der Waals surface area contributed by atoms with Crippen LogP contribution in [0.2, 0.25) is 0 Å². The molecule has 0 bridgehead atoms. The van der Waals surface area contributed by atoms with Crippen molar-refractivity contribution in [2.75, 3.05) is 6.61 Å². The molecule has 1 aliphatic rings. The molecule has 1 heterocycles. The molecule has 5 heteroatoms. The fourth-order valence-corrected chi connectivity index (χ4v) is 1.21. The molecule has 0 amide bonds. The average Bonchev–Trinajstić information content (AvgIpc) is 2.43. The maximum atomic E-state index is 10.4. The Hall–Kier alpha value is -1.10. The predicted molar refractivity (Wildman–Crippen MR) is 50.2 cm³/mol. The van der Waals surface area contributed by atoms with Crippen LogP contribution < -0.4 is 0 Å². The van der Waals surface area contributed by atoms with Crippen LogP contribution in [0.5, 0.6) is 0 Å². The van der Waals surface area contributed by atoms with Crippen LogP contribution in [0.3, 0.4) is 0 Å². The van der Waals surface area contributed by atoms with E-state index in [0.717, 1.165) is 0 Å². The lowest BCUT2D eigenvalue weighted by Gasteiger charge is -2.16. The Balaban J connectivity index is 2.42. The van der Waals surface area contributed by atoms with Gasteiger partial charge in [-0.3, -0.25) is 10.1 Å². The first-order valence-electron chi connectivity index (χ1n) is 4.65. The second-order valence-corrected chi connectivity index (χ2v) is 3.66. The molecule has 0 spiro atoms. The first kappa shape index (κ1) is 11.0. The highest BCUT2D eigenvalue weighted by molar-refractivity contribution is 4.98. The molecule has 0 aliphatic carbocycles. The first-order valence-corrected chi connectivity index (χ1v) is 4.65. The smallest absolute Gasteiger partial charge is 0.424 e. The molecule has 5 nitrogen and oxygen atoms in total. The molecule has 0 radical (unpaired) electrons. The van der Waals surface area contributed by atoms with Crippen molar-refractivity contribution >= 4 is 0 Å². The topological polar surface area (TPSA) is 61.6 Å². The largest absolute Gasteiger partial charge is 0.434 e. The third-order valence-corrected chi connectivity index (χ3v) is 2.04. The number of hydrogen-bond acceptors (Lipinski definition) is 4. The zero-order valence-corrected chi connectivity index (χ0v) is 8.60. The van der Waals surface area contributed by atoms with Crippen molar-refractivity contribution in [2.24, 2.45) is 5.92 Å². The summed E-state index contributed by atoms with van der Waals surface area (Å²) in [5, 5.41) is 10.4. The van der Waals surface area contributed by atoms with Gasteiger partial charge in [-0.1, -0.05) is 6.92 Å². The van der Waals surface area contributed by atoms with Crippen molar-refractivity contribution in [3.63, 3.8) is 0 Å². The van der Waals surface area contributed by atoms with Crippen molar-refractivity contribution < 1.29 is 14.4 Å². The molecular formula is C9H15NO4. The minimum atomic E-state index is -0.508. The fraction of sp³-hybridized carbons (Fsp3) is 0.778. The van der Waals surface area contributed by atoms with Gasteiger partial charge in [0.2, 0.25) is 0 Å². The van der Waals surface area contributed by atoms with Gasteiger partial charge >= 0.3 is 5.88 Å². The van der Waals surface area contributed by atoms with Crippen LogP contribution in [0.4, 0.5) is 0 Å². The van der Waals surface area contributed by atoms with E-state index in [1.165, 1.54) is 6.08 Å². The van der Waals surface area contributed by atoms with Crippen LogP contribution in [0.25, 0.3) is 0 Å². The van der Waals surface area contributed by atoms with Gasteiger partial charge in [-0.05, 0) is 13.8 Å². The molecule has 0 aromatic rings. The third-order valence-electron chi connectivity index (χ3n) is 2.04. The SMILES string of the molecule is CC(C)OCC1OC([N+](=O)[O-])=CC1C. The Morgan fingerprint density at radius 2 is 2.36 bits per heavy atom. The number of rotatable bonds is 4. The second kappa shape index (κ2) is 4.41. The highest BCUT2D eigenvalue weighted by atomic mass is 16.7. The summed E-state index contributed by atoms with van der Waals surface area (Å²) >= 11 is 0. The van der Waals surface area contributed by atoms with Crippen LogP contribution in [-0.2, 0) is 9.47 Å². The summed E-state index contributed by atoms with van der Waals surface area (Å²) < 4.78 is 10.5. The molecule has 0 aromatic heterocycles. The van der Waals surface area contributed by atoms with Crippen molar-refractivity contribution in [2.45, 2.75) is 33.0 Å². The Morgan fingerprint density at radius 3 is 2.79 bits per heavy atom. The molecule has 0 saturated carbocycles. The summed E-state index contributed by atoms with van der Waals surface area (Å²) in [7, 11) is 0. The van der Waals surface area contributed by atoms with Crippen LogP contribution in [0.15, 0.2) is 12.0 Å². The van der Waals surface area contributed by atoms with Crippen LogP contribution in [0.1, 0.15) is 20.8 Å². The molecular weight excluding hydrogens is 186 g/mol. The lowest BCUT2D eigenvalue weighted by Crippen LogP contribution is -2.24. The number of ether oxygens (including phenoxy) is 2. The lowest BCUT2D eigenvalue weighted by atomic mass is 10.1. The van der Waals surface area contributed by atoms with E-state index in [9.17, 15) is 10.1 Å². The summed E-state index contributed by atoms with van der Waals surface area (Å²) in [6.45, 7) is 6.11. The molecule has 2 unspecified atom stereocenters. The summed E-state index contributed by atoms with van der Waals surface area (Å²) in [6.07, 6.45) is 1.41. The molecule has 1 aliphatic heterocycles. The molecule has 0 N–H and O–H groups in total. The number of nitro groups is 1. The summed E-state index contributed by atoms with van der Waals surface area (Å²) in [4.78, 5) is 9.89. The molecule has 1 rings (SSSR count). The van der Waals surface area contributed by atoms with Gasteiger partial charge in [0.25, 0.3) is 0 Å². The van der Waals surface area contributed by atoms with E-state index in [4.69, 9.17) is 9.47 Å². The quantitative estimate of drug-likeness (QED) is 0.511. The van der Waals surface area contributed by atoms with Gasteiger partial charge < -0.3 is 9.47 Å². The molecule has 80 valence electrons. The summed E-state index contributed by atoms with van der Waals surface area (Å²) in [5.74, 6) is -0.121. The van der Waals surface area contributed by atoms with E-state index in [0.29, 0.717) is 6.61 Å². The Labute approximate surface area is 82.8 Å². The standard InChI is InChI=1S/C9H15NO4/c1-6(2)13-5-8-7(3)4-9(14-8)10(11)12/h4,6-8H,5H2,1-3H3. The van der Waals surface area contributed by atoms with Crippen molar-refractivity contribution in [1.82, 2.24) is 0 Å². The Morgan fingerprint density at radius 1 is 1.71 bits per heavy atom. The normalized spacial score (nSPS) is 26.1. The Bertz CT molecular complexity index is 249. The lowest BCUT2D eigenvalue weighted by molar-refractivity contribution is -0.464. The number of nitrogens with zero attached hydrogens (tertiary/aromatic N) is 1. The first-order chi connectivity index (χ1) is 6.50. The minimum absolute atomic E-state index is 0.0362. The third kappa shape index (κ3) is 2.70. The summed E-state index contributed by atoms with van der Waals surface area (Å²) in [6, 6.07) is 0. The monoisotopic (exact) mass is 201 g/mol. The highest BCUT2D eigenvalue weighted by Gasteiger charge is 2.32. The molecule has 2 atom stereocenters. The van der Waals surface area contributed by atoms with E-state index in [1.54, 1.807) is 0 Å².